The summed E-state index contributed by atoms with van der Waals surface area (Å²) in [7, 11) is 0. The summed E-state index contributed by atoms with van der Waals surface area (Å²) < 4.78 is 5.58. The van der Waals surface area contributed by atoms with Crippen LogP contribution in [0.4, 0.5) is 5.69 Å². The van der Waals surface area contributed by atoms with Crippen molar-refractivity contribution in [2.45, 2.75) is 26.4 Å². The topological polar surface area (TPSA) is 58.4 Å². The van der Waals surface area contributed by atoms with Crippen molar-refractivity contribution in [1.29, 1.82) is 0 Å². The van der Waals surface area contributed by atoms with Crippen molar-refractivity contribution in [3.8, 4) is 11.3 Å². The lowest BCUT2D eigenvalue weighted by molar-refractivity contribution is -0.114. The predicted molar refractivity (Wildman–Crippen MR) is 101 cm³/mol. The van der Waals surface area contributed by atoms with E-state index in [0.29, 0.717) is 0 Å². The molecule has 1 aliphatic heterocycles. The molecule has 132 valence electrons. The molecule has 0 saturated carbocycles. The summed E-state index contributed by atoms with van der Waals surface area (Å²) in [6, 6.07) is 18.2. The summed E-state index contributed by atoms with van der Waals surface area (Å²) in [4.78, 5) is 13.5. The summed E-state index contributed by atoms with van der Waals surface area (Å²) >= 11 is 0. The summed E-state index contributed by atoms with van der Waals surface area (Å²) in [5.74, 6) is 0.948. The molecule has 4 rings (SSSR count). The van der Waals surface area contributed by atoms with Gasteiger partial charge in [0.1, 0.15) is 11.5 Å². The SMILES string of the molecule is CC(=O)Nc1ccc(CN2CCc3onc(-c4ccccc4)c3C2)cc1. The third kappa shape index (κ3) is 3.53. The first kappa shape index (κ1) is 16.5. The number of hydrogen-bond acceptors (Lipinski definition) is 4. The Morgan fingerprint density at radius 3 is 2.65 bits per heavy atom. The molecule has 0 unspecified atom stereocenters. The highest BCUT2D eigenvalue weighted by atomic mass is 16.5. The number of amides is 1. The maximum Gasteiger partial charge on any atom is 0.221 e. The van der Waals surface area contributed by atoms with Crippen LogP contribution in [0.2, 0.25) is 0 Å². The number of nitrogens with zero attached hydrogens (tertiary/aromatic N) is 2. The average molecular weight is 347 g/mol. The fourth-order valence-corrected chi connectivity index (χ4v) is 3.38. The number of rotatable bonds is 4. The molecule has 0 spiro atoms. The molecule has 5 heteroatoms. The van der Waals surface area contributed by atoms with Crippen LogP contribution in [0, 0.1) is 0 Å². The third-order valence-electron chi connectivity index (χ3n) is 4.63. The van der Waals surface area contributed by atoms with E-state index < -0.39 is 0 Å². The minimum atomic E-state index is -0.0535. The van der Waals surface area contributed by atoms with Gasteiger partial charge in [0.15, 0.2) is 0 Å². The molecule has 3 aromatic rings. The fraction of sp³-hybridized carbons (Fsp3) is 0.238. The molecule has 26 heavy (non-hydrogen) atoms. The van der Waals surface area contributed by atoms with Crippen LogP contribution in [0.3, 0.4) is 0 Å². The van der Waals surface area contributed by atoms with E-state index in [-0.39, 0.29) is 5.91 Å². The number of aromatic nitrogens is 1. The molecule has 0 radical (unpaired) electrons. The highest BCUT2D eigenvalue weighted by molar-refractivity contribution is 5.88. The van der Waals surface area contributed by atoms with Gasteiger partial charge in [-0.15, -0.1) is 0 Å². The van der Waals surface area contributed by atoms with Crippen LogP contribution in [0.1, 0.15) is 23.8 Å². The van der Waals surface area contributed by atoms with E-state index in [1.54, 1.807) is 0 Å². The zero-order chi connectivity index (χ0) is 17.9. The second-order valence-electron chi connectivity index (χ2n) is 6.64. The number of hydrogen-bond donors (Lipinski definition) is 1. The molecular formula is C21H21N3O2. The Bertz CT molecular complexity index is 901. The van der Waals surface area contributed by atoms with Crippen LogP contribution in [-0.2, 0) is 24.3 Å². The number of carbonyl (C=O) groups is 1. The van der Waals surface area contributed by atoms with Gasteiger partial charge >= 0.3 is 0 Å². The van der Waals surface area contributed by atoms with Gasteiger partial charge in [-0.3, -0.25) is 9.69 Å². The molecule has 1 aromatic heterocycles. The van der Waals surface area contributed by atoms with Crippen molar-refractivity contribution in [3.63, 3.8) is 0 Å². The Morgan fingerprint density at radius 2 is 1.92 bits per heavy atom. The largest absolute Gasteiger partial charge is 0.360 e. The normalized spacial score (nSPS) is 14.0. The van der Waals surface area contributed by atoms with Gasteiger partial charge in [-0.1, -0.05) is 47.6 Å². The number of fused-ring (bicyclic) bond motifs is 1. The lowest BCUT2D eigenvalue weighted by atomic mass is 10.0. The van der Waals surface area contributed by atoms with Crippen LogP contribution in [0.5, 0.6) is 0 Å². The van der Waals surface area contributed by atoms with Gasteiger partial charge in [0.25, 0.3) is 0 Å². The van der Waals surface area contributed by atoms with E-state index >= 15 is 0 Å². The smallest absolute Gasteiger partial charge is 0.221 e. The molecule has 0 bridgehead atoms. The van der Waals surface area contributed by atoms with Gasteiger partial charge in [0, 0.05) is 49.8 Å². The molecule has 2 aromatic carbocycles. The Kier molecular flexibility index (Phi) is 4.54. The van der Waals surface area contributed by atoms with Crippen LogP contribution < -0.4 is 5.32 Å². The van der Waals surface area contributed by atoms with Crippen LogP contribution in [0.15, 0.2) is 59.1 Å². The Hall–Kier alpha value is -2.92. The van der Waals surface area contributed by atoms with E-state index in [2.05, 4.69) is 39.6 Å². The third-order valence-corrected chi connectivity index (χ3v) is 4.63. The summed E-state index contributed by atoms with van der Waals surface area (Å²) in [5.41, 5.74) is 5.29. The first-order valence-electron chi connectivity index (χ1n) is 8.81. The van der Waals surface area contributed by atoms with E-state index in [1.807, 2.05) is 30.3 Å². The van der Waals surface area contributed by atoms with Crippen molar-refractivity contribution >= 4 is 11.6 Å². The molecule has 1 amide bonds. The van der Waals surface area contributed by atoms with Crippen molar-refractivity contribution < 1.29 is 9.32 Å². The number of benzene rings is 2. The van der Waals surface area contributed by atoms with Gasteiger partial charge in [-0.25, -0.2) is 0 Å². The number of carbonyl (C=O) groups excluding carboxylic acids is 1. The highest BCUT2D eigenvalue weighted by Gasteiger charge is 2.24. The minimum absolute atomic E-state index is 0.0535. The maximum absolute atomic E-state index is 11.1. The predicted octanol–water partition coefficient (Wildman–Crippen LogP) is 3.86. The Balaban J connectivity index is 1.48. The first-order chi connectivity index (χ1) is 12.7. The molecule has 2 heterocycles. The molecule has 1 N–H and O–H groups in total. The fourth-order valence-electron chi connectivity index (χ4n) is 3.38. The van der Waals surface area contributed by atoms with Gasteiger partial charge < -0.3 is 9.84 Å². The van der Waals surface area contributed by atoms with Crippen molar-refractivity contribution in [3.05, 3.63) is 71.5 Å². The minimum Gasteiger partial charge on any atom is -0.360 e. The standard InChI is InChI=1S/C21H21N3O2/c1-15(25)22-18-9-7-16(8-10-18)13-24-12-11-20-19(14-24)21(23-26-20)17-5-3-2-4-6-17/h2-10H,11-14H2,1H3,(H,22,25). The van der Waals surface area contributed by atoms with E-state index in [0.717, 1.165) is 48.8 Å². The zero-order valence-electron chi connectivity index (χ0n) is 14.7. The van der Waals surface area contributed by atoms with E-state index in [9.17, 15) is 4.79 Å². The Morgan fingerprint density at radius 1 is 1.15 bits per heavy atom. The molecule has 0 atom stereocenters. The average Bonchev–Trinajstić information content (AvgIpc) is 3.07. The second kappa shape index (κ2) is 7.14. The van der Waals surface area contributed by atoms with Gasteiger partial charge in [-0.05, 0) is 17.7 Å². The van der Waals surface area contributed by atoms with Crippen molar-refractivity contribution in [2.24, 2.45) is 0 Å². The molecule has 1 aliphatic rings. The summed E-state index contributed by atoms with van der Waals surface area (Å²) in [6.07, 6.45) is 0.874. The summed E-state index contributed by atoms with van der Waals surface area (Å²) in [6.45, 7) is 4.15. The zero-order valence-corrected chi connectivity index (χ0v) is 14.7. The van der Waals surface area contributed by atoms with Crippen molar-refractivity contribution in [1.82, 2.24) is 10.1 Å². The summed E-state index contributed by atoms with van der Waals surface area (Å²) in [5, 5.41) is 7.10. The van der Waals surface area contributed by atoms with Crippen LogP contribution in [-0.4, -0.2) is 22.5 Å². The lowest BCUT2D eigenvalue weighted by Crippen LogP contribution is -2.29. The van der Waals surface area contributed by atoms with E-state index in [4.69, 9.17) is 4.52 Å². The maximum atomic E-state index is 11.1. The molecule has 0 fully saturated rings. The lowest BCUT2D eigenvalue weighted by Gasteiger charge is -2.26. The van der Waals surface area contributed by atoms with Gasteiger partial charge in [0.05, 0.1) is 0 Å². The van der Waals surface area contributed by atoms with Crippen LogP contribution >= 0.6 is 0 Å². The van der Waals surface area contributed by atoms with Crippen molar-refractivity contribution in [2.75, 3.05) is 11.9 Å². The van der Waals surface area contributed by atoms with Gasteiger partial charge in [-0.2, -0.15) is 0 Å². The molecule has 5 nitrogen and oxygen atoms in total. The molecule has 0 aliphatic carbocycles. The molecular weight excluding hydrogens is 326 g/mol. The molecule has 0 saturated heterocycles. The monoisotopic (exact) mass is 347 g/mol. The Labute approximate surface area is 152 Å². The van der Waals surface area contributed by atoms with E-state index in [1.165, 1.54) is 18.1 Å². The van der Waals surface area contributed by atoms with Crippen LogP contribution in [0.25, 0.3) is 11.3 Å². The highest BCUT2D eigenvalue weighted by Crippen LogP contribution is 2.30. The quantitative estimate of drug-likeness (QED) is 0.779. The number of anilines is 1. The number of nitrogens with one attached hydrogen (secondary N) is 1. The first-order valence-corrected chi connectivity index (χ1v) is 8.81. The second-order valence-corrected chi connectivity index (χ2v) is 6.64. The van der Waals surface area contributed by atoms with Gasteiger partial charge in [0.2, 0.25) is 5.91 Å².